The van der Waals surface area contributed by atoms with Gasteiger partial charge >= 0.3 is 0 Å². The Hall–Kier alpha value is -4.72. The summed E-state index contributed by atoms with van der Waals surface area (Å²) in [6.07, 6.45) is 1.56. The van der Waals surface area contributed by atoms with Gasteiger partial charge in [0.05, 0.1) is 5.56 Å². The molecule has 7 nitrogen and oxygen atoms in total. The summed E-state index contributed by atoms with van der Waals surface area (Å²) in [6, 6.07) is 18.1. The summed E-state index contributed by atoms with van der Waals surface area (Å²) in [7, 11) is 1.53. The molecular formula is C30H28FN3O4. The van der Waals surface area contributed by atoms with Crippen LogP contribution in [0.25, 0.3) is 33.4 Å². The molecular weight excluding hydrogens is 485 g/mol. The van der Waals surface area contributed by atoms with Gasteiger partial charge < -0.3 is 20.4 Å². The second-order valence-corrected chi connectivity index (χ2v) is 9.26. The fourth-order valence-electron chi connectivity index (χ4n) is 4.07. The van der Waals surface area contributed by atoms with Crippen LogP contribution >= 0.6 is 0 Å². The van der Waals surface area contributed by atoms with Gasteiger partial charge in [-0.1, -0.05) is 24.3 Å². The Balaban J connectivity index is 1.70. The SMILES string of the molecule is C=CCNC(=O)C(C)(C)NC(=O)c1cccc(-c2ccc3oc(-c4ccc(F)cc4)c(C(=O)NC)c3c2)c1. The van der Waals surface area contributed by atoms with Gasteiger partial charge in [0.2, 0.25) is 5.91 Å². The highest BCUT2D eigenvalue weighted by Gasteiger charge is 2.29. The van der Waals surface area contributed by atoms with Crippen molar-refractivity contribution in [3.8, 4) is 22.5 Å². The number of carbonyl (C=O) groups excluding carboxylic acids is 3. The topological polar surface area (TPSA) is 100 Å². The number of halogens is 1. The van der Waals surface area contributed by atoms with Crippen molar-refractivity contribution in [2.75, 3.05) is 13.6 Å². The average Bonchev–Trinajstić information content (AvgIpc) is 3.30. The number of nitrogens with one attached hydrogen (secondary N) is 3. The Morgan fingerprint density at radius 1 is 0.947 bits per heavy atom. The van der Waals surface area contributed by atoms with Gasteiger partial charge in [0, 0.05) is 30.1 Å². The van der Waals surface area contributed by atoms with Crippen LogP contribution in [0.5, 0.6) is 0 Å². The van der Waals surface area contributed by atoms with Gasteiger partial charge in [-0.05, 0) is 73.5 Å². The first-order valence-electron chi connectivity index (χ1n) is 12.0. The van der Waals surface area contributed by atoms with Crippen LogP contribution in [0.2, 0.25) is 0 Å². The van der Waals surface area contributed by atoms with Crippen LogP contribution in [0, 0.1) is 5.82 Å². The third kappa shape index (κ3) is 5.34. The van der Waals surface area contributed by atoms with Gasteiger partial charge in [-0.2, -0.15) is 0 Å². The highest BCUT2D eigenvalue weighted by atomic mass is 19.1. The zero-order chi connectivity index (χ0) is 27.4. The molecule has 0 bridgehead atoms. The number of fused-ring (bicyclic) bond motifs is 1. The molecule has 0 radical (unpaired) electrons. The molecule has 0 aliphatic rings. The highest BCUT2D eigenvalue weighted by molar-refractivity contribution is 6.12. The van der Waals surface area contributed by atoms with Crippen LogP contribution in [0.4, 0.5) is 4.39 Å². The maximum absolute atomic E-state index is 13.5. The first-order valence-corrected chi connectivity index (χ1v) is 12.0. The molecule has 0 atom stereocenters. The minimum atomic E-state index is -1.13. The molecule has 3 aromatic carbocycles. The second kappa shape index (κ2) is 10.7. The summed E-state index contributed by atoms with van der Waals surface area (Å²) in [4.78, 5) is 38.3. The fourth-order valence-corrected chi connectivity index (χ4v) is 4.07. The molecule has 0 saturated heterocycles. The van der Waals surface area contributed by atoms with Crippen molar-refractivity contribution >= 4 is 28.7 Å². The molecule has 0 spiro atoms. The molecule has 4 rings (SSSR count). The number of carbonyl (C=O) groups is 3. The lowest BCUT2D eigenvalue weighted by Crippen LogP contribution is -2.54. The third-order valence-corrected chi connectivity index (χ3v) is 6.11. The molecule has 4 aromatic rings. The number of hydrogen-bond acceptors (Lipinski definition) is 4. The molecule has 0 unspecified atom stereocenters. The van der Waals surface area contributed by atoms with E-state index in [-0.39, 0.29) is 11.8 Å². The molecule has 38 heavy (non-hydrogen) atoms. The Morgan fingerprint density at radius 2 is 1.63 bits per heavy atom. The predicted molar refractivity (Wildman–Crippen MR) is 145 cm³/mol. The summed E-state index contributed by atoms with van der Waals surface area (Å²) in [6.45, 7) is 7.12. The summed E-state index contributed by atoms with van der Waals surface area (Å²) >= 11 is 0. The van der Waals surface area contributed by atoms with E-state index < -0.39 is 17.3 Å². The Bertz CT molecular complexity index is 1540. The largest absolute Gasteiger partial charge is 0.455 e. The second-order valence-electron chi connectivity index (χ2n) is 9.26. The van der Waals surface area contributed by atoms with Crippen LogP contribution < -0.4 is 16.0 Å². The molecule has 0 saturated carbocycles. The molecule has 194 valence electrons. The van der Waals surface area contributed by atoms with Crippen molar-refractivity contribution in [3.63, 3.8) is 0 Å². The minimum Gasteiger partial charge on any atom is -0.455 e. The van der Waals surface area contributed by atoms with Crippen LogP contribution in [0.15, 0.2) is 83.8 Å². The number of benzene rings is 3. The smallest absolute Gasteiger partial charge is 0.255 e. The third-order valence-electron chi connectivity index (χ3n) is 6.11. The van der Waals surface area contributed by atoms with Crippen molar-refractivity contribution in [2.45, 2.75) is 19.4 Å². The van der Waals surface area contributed by atoms with E-state index in [0.717, 1.165) is 11.1 Å². The predicted octanol–water partition coefficient (Wildman–Crippen LogP) is 5.08. The normalized spacial score (nSPS) is 11.2. The Morgan fingerprint density at radius 3 is 2.32 bits per heavy atom. The molecule has 1 aromatic heterocycles. The van der Waals surface area contributed by atoms with Crippen molar-refractivity contribution in [3.05, 3.63) is 96.3 Å². The van der Waals surface area contributed by atoms with Crippen molar-refractivity contribution < 1.29 is 23.2 Å². The number of rotatable bonds is 8. The van der Waals surface area contributed by atoms with E-state index in [1.54, 1.807) is 56.3 Å². The van der Waals surface area contributed by atoms with Crippen LogP contribution in [-0.2, 0) is 4.79 Å². The van der Waals surface area contributed by atoms with E-state index in [0.29, 0.717) is 40.0 Å². The first kappa shape index (κ1) is 26.3. The zero-order valence-corrected chi connectivity index (χ0v) is 21.4. The lowest BCUT2D eigenvalue weighted by atomic mass is 9.98. The van der Waals surface area contributed by atoms with E-state index in [2.05, 4.69) is 22.5 Å². The van der Waals surface area contributed by atoms with E-state index in [9.17, 15) is 18.8 Å². The number of amides is 3. The quantitative estimate of drug-likeness (QED) is 0.286. The minimum absolute atomic E-state index is 0.297. The standard InChI is InChI=1S/C30H28FN3O4/c1-5-15-33-29(37)30(2,3)34-27(35)21-8-6-7-19(16-21)20-11-14-24-23(17-20)25(28(36)32-4)26(38-24)18-9-12-22(31)13-10-18/h5-14,16-17H,1,15H2,2-4H3,(H,32,36)(H,33,37)(H,34,35). The highest BCUT2D eigenvalue weighted by Crippen LogP contribution is 2.36. The van der Waals surface area contributed by atoms with E-state index in [1.165, 1.54) is 19.2 Å². The van der Waals surface area contributed by atoms with Crippen molar-refractivity contribution in [1.82, 2.24) is 16.0 Å². The van der Waals surface area contributed by atoms with Crippen molar-refractivity contribution in [1.29, 1.82) is 0 Å². The van der Waals surface area contributed by atoms with E-state index in [1.807, 2.05) is 18.2 Å². The average molecular weight is 514 g/mol. The van der Waals surface area contributed by atoms with Crippen molar-refractivity contribution in [2.24, 2.45) is 0 Å². The molecule has 3 amide bonds. The van der Waals surface area contributed by atoms with Crippen LogP contribution in [0.3, 0.4) is 0 Å². The van der Waals surface area contributed by atoms with E-state index >= 15 is 0 Å². The molecule has 0 aliphatic carbocycles. The summed E-state index contributed by atoms with van der Waals surface area (Å²) < 4.78 is 19.5. The van der Waals surface area contributed by atoms with Crippen LogP contribution in [0.1, 0.15) is 34.6 Å². The van der Waals surface area contributed by atoms with Gasteiger partial charge in [0.1, 0.15) is 22.7 Å². The number of hydrogen-bond donors (Lipinski definition) is 3. The fraction of sp³-hybridized carbons (Fsp3) is 0.167. The molecule has 8 heteroatoms. The first-order chi connectivity index (χ1) is 18.1. The summed E-state index contributed by atoms with van der Waals surface area (Å²) in [5.41, 5.74) is 2.13. The Kier molecular flexibility index (Phi) is 7.43. The maximum Gasteiger partial charge on any atom is 0.255 e. The molecule has 3 N–H and O–H groups in total. The molecule has 0 fully saturated rings. The van der Waals surface area contributed by atoms with E-state index in [4.69, 9.17) is 4.42 Å². The van der Waals surface area contributed by atoms with Gasteiger partial charge in [-0.15, -0.1) is 6.58 Å². The number of furan rings is 1. The molecule has 1 heterocycles. The van der Waals surface area contributed by atoms with Gasteiger partial charge in [0.15, 0.2) is 0 Å². The summed E-state index contributed by atoms with van der Waals surface area (Å²) in [5.74, 6) is -1.13. The van der Waals surface area contributed by atoms with Gasteiger partial charge in [-0.25, -0.2) is 4.39 Å². The van der Waals surface area contributed by atoms with Crippen LogP contribution in [-0.4, -0.2) is 36.9 Å². The Labute approximate surface area is 219 Å². The monoisotopic (exact) mass is 513 g/mol. The lowest BCUT2D eigenvalue weighted by molar-refractivity contribution is -0.125. The van der Waals surface area contributed by atoms with Gasteiger partial charge in [0.25, 0.3) is 11.8 Å². The maximum atomic E-state index is 13.5. The lowest BCUT2D eigenvalue weighted by Gasteiger charge is -2.25. The summed E-state index contributed by atoms with van der Waals surface area (Å²) in [5, 5.41) is 8.68. The molecule has 0 aliphatic heterocycles. The zero-order valence-electron chi connectivity index (χ0n) is 21.4. The van der Waals surface area contributed by atoms with Gasteiger partial charge in [-0.3, -0.25) is 14.4 Å².